The Bertz CT molecular complexity index is 569. The zero-order valence-electron chi connectivity index (χ0n) is 10.8. The fourth-order valence-corrected chi connectivity index (χ4v) is 2.48. The lowest BCUT2D eigenvalue weighted by Crippen LogP contribution is -2.05. The van der Waals surface area contributed by atoms with E-state index in [9.17, 15) is 9.18 Å². The Morgan fingerprint density at radius 1 is 1.30 bits per heavy atom. The number of hydrogen-bond donors (Lipinski definition) is 2. The second-order valence-electron chi connectivity index (χ2n) is 4.34. The van der Waals surface area contributed by atoms with Crippen LogP contribution in [-0.2, 0) is 17.6 Å². The van der Waals surface area contributed by atoms with Crippen LogP contribution in [-0.4, -0.2) is 22.6 Å². The van der Waals surface area contributed by atoms with E-state index in [-0.39, 0.29) is 12.2 Å². The van der Waals surface area contributed by atoms with Gasteiger partial charge in [-0.1, -0.05) is 12.1 Å². The molecule has 2 aromatic rings. The summed E-state index contributed by atoms with van der Waals surface area (Å²) >= 11 is 1.46. The van der Waals surface area contributed by atoms with Crippen molar-refractivity contribution in [1.82, 2.24) is 4.98 Å². The molecule has 6 heteroatoms. The third-order valence-electron chi connectivity index (χ3n) is 2.75. The summed E-state index contributed by atoms with van der Waals surface area (Å²) in [6.07, 6.45) is 1.33. The standard InChI is InChI=1S/C14H15FN2O2S/c15-11-3-1-10(2-4-11)7-8-16-14-17-12(9-20-14)5-6-13(18)19/h1-4,9H,5-8H2,(H,16,17)(H,18,19). The van der Waals surface area contributed by atoms with Crippen LogP contribution < -0.4 is 5.32 Å². The predicted molar refractivity (Wildman–Crippen MR) is 76.7 cm³/mol. The van der Waals surface area contributed by atoms with Crippen molar-refractivity contribution in [3.8, 4) is 0 Å². The fraction of sp³-hybridized carbons (Fsp3) is 0.286. The first-order valence-corrected chi connectivity index (χ1v) is 7.16. The molecule has 0 aliphatic rings. The number of nitrogens with zero attached hydrogens (tertiary/aromatic N) is 1. The van der Waals surface area contributed by atoms with Gasteiger partial charge in [0.05, 0.1) is 12.1 Å². The molecule has 1 aromatic carbocycles. The van der Waals surface area contributed by atoms with E-state index < -0.39 is 5.97 Å². The summed E-state index contributed by atoms with van der Waals surface area (Å²) in [5.41, 5.74) is 1.85. The molecule has 0 bridgehead atoms. The number of carboxylic acid groups (broad SMARTS) is 1. The number of aliphatic carboxylic acids is 1. The number of aryl methyl sites for hydroxylation is 1. The average molecular weight is 294 g/mol. The summed E-state index contributed by atoms with van der Waals surface area (Å²) in [4.78, 5) is 14.8. The number of hydrogen-bond acceptors (Lipinski definition) is 4. The first kappa shape index (κ1) is 14.5. The molecule has 0 saturated carbocycles. The highest BCUT2D eigenvalue weighted by Crippen LogP contribution is 2.16. The van der Waals surface area contributed by atoms with E-state index in [2.05, 4.69) is 10.3 Å². The number of halogens is 1. The number of nitrogens with one attached hydrogen (secondary N) is 1. The van der Waals surface area contributed by atoms with Crippen molar-refractivity contribution >= 4 is 22.4 Å². The van der Waals surface area contributed by atoms with Gasteiger partial charge in [-0.25, -0.2) is 9.37 Å². The molecule has 0 unspecified atom stereocenters. The SMILES string of the molecule is O=C(O)CCc1csc(NCCc2ccc(F)cc2)n1. The van der Waals surface area contributed by atoms with Gasteiger partial charge in [0.25, 0.3) is 0 Å². The first-order chi connectivity index (χ1) is 9.63. The lowest BCUT2D eigenvalue weighted by molar-refractivity contribution is -0.136. The summed E-state index contributed by atoms with van der Waals surface area (Å²) in [5.74, 6) is -1.05. The van der Waals surface area contributed by atoms with Gasteiger partial charge in [-0.15, -0.1) is 11.3 Å². The summed E-state index contributed by atoms with van der Waals surface area (Å²) in [7, 11) is 0. The van der Waals surface area contributed by atoms with Gasteiger partial charge in [-0.3, -0.25) is 4.79 Å². The van der Waals surface area contributed by atoms with E-state index in [0.29, 0.717) is 13.0 Å². The van der Waals surface area contributed by atoms with Crippen LogP contribution in [0, 0.1) is 5.82 Å². The Labute approximate surface area is 120 Å². The summed E-state index contributed by atoms with van der Waals surface area (Å²) in [5, 5.41) is 14.4. The largest absolute Gasteiger partial charge is 0.481 e. The molecule has 4 nitrogen and oxygen atoms in total. The number of carbonyl (C=O) groups is 1. The van der Waals surface area contributed by atoms with Crippen LogP contribution in [0.25, 0.3) is 0 Å². The van der Waals surface area contributed by atoms with Gasteiger partial charge in [0.2, 0.25) is 0 Å². The molecule has 0 fully saturated rings. The molecular formula is C14H15FN2O2S. The molecule has 0 aliphatic carbocycles. The molecule has 2 rings (SSSR count). The quantitative estimate of drug-likeness (QED) is 0.824. The van der Waals surface area contributed by atoms with Crippen LogP contribution in [0.2, 0.25) is 0 Å². The molecular weight excluding hydrogens is 279 g/mol. The van der Waals surface area contributed by atoms with Crippen molar-refractivity contribution in [2.24, 2.45) is 0 Å². The van der Waals surface area contributed by atoms with Crippen LogP contribution in [0.15, 0.2) is 29.6 Å². The number of aromatic nitrogens is 1. The van der Waals surface area contributed by atoms with Crippen molar-refractivity contribution in [3.05, 3.63) is 46.7 Å². The second-order valence-corrected chi connectivity index (χ2v) is 5.20. The van der Waals surface area contributed by atoms with Gasteiger partial charge in [0.15, 0.2) is 5.13 Å². The molecule has 1 aromatic heterocycles. The smallest absolute Gasteiger partial charge is 0.303 e. The zero-order valence-corrected chi connectivity index (χ0v) is 11.6. The molecule has 106 valence electrons. The van der Waals surface area contributed by atoms with Crippen LogP contribution in [0.5, 0.6) is 0 Å². The number of benzene rings is 1. The third-order valence-corrected chi connectivity index (χ3v) is 3.60. The van der Waals surface area contributed by atoms with Crippen molar-refractivity contribution in [3.63, 3.8) is 0 Å². The maximum atomic E-state index is 12.7. The third kappa shape index (κ3) is 4.62. The Kier molecular flexibility index (Phi) is 5.06. The molecule has 0 spiro atoms. The van der Waals surface area contributed by atoms with Crippen LogP contribution >= 0.6 is 11.3 Å². The molecule has 0 radical (unpaired) electrons. The zero-order chi connectivity index (χ0) is 14.4. The maximum absolute atomic E-state index is 12.7. The molecule has 0 amide bonds. The first-order valence-electron chi connectivity index (χ1n) is 6.28. The van der Waals surface area contributed by atoms with E-state index in [0.717, 1.165) is 22.8 Å². The van der Waals surface area contributed by atoms with E-state index >= 15 is 0 Å². The van der Waals surface area contributed by atoms with Gasteiger partial charge in [0, 0.05) is 18.3 Å². The fourth-order valence-electron chi connectivity index (χ4n) is 1.70. The van der Waals surface area contributed by atoms with Gasteiger partial charge < -0.3 is 10.4 Å². The van der Waals surface area contributed by atoms with Crippen LogP contribution in [0.1, 0.15) is 17.7 Å². The van der Waals surface area contributed by atoms with Crippen molar-refractivity contribution in [1.29, 1.82) is 0 Å². The number of rotatable bonds is 7. The number of thiazole rings is 1. The average Bonchev–Trinajstić information content (AvgIpc) is 2.87. The highest BCUT2D eigenvalue weighted by atomic mass is 32.1. The lowest BCUT2D eigenvalue weighted by Gasteiger charge is -2.02. The molecule has 0 aliphatic heterocycles. The van der Waals surface area contributed by atoms with Crippen molar-refractivity contribution in [2.45, 2.75) is 19.3 Å². The van der Waals surface area contributed by atoms with E-state index in [1.54, 1.807) is 12.1 Å². The maximum Gasteiger partial charge on any atom is 0.303 e. The number of anilines is 1. The van der Waals surface area contributed by atoms with Crippen molar-refractivity contribution in [2.75, 3.05) is 11.9 Å². The molecule has 2 N–H and O–H groups in total. The molecule has 20 heavy (non-hydrogen) atoms. The van der Waals surface area contributed by atoms with Crippen LogP contribution in [0.3, 0.4) is 0 Å². The Balaban J connectivity index is 1.76. The second kappa shape index (κ2) is 7.00. The van der Waals surface area contributed by atoms with Gasteiger partial charge in [-0.05, 0) is 24.1 Å². The minimum absolute atomic E-state index is 0.0960. The normalized spacial score (nSPS) is 10.4. The van der Waals surface area contributed by atoms with Gasteiger partial charge in [-0.2, -0.15) is 0 Å². The molecule has 1 heterocycles. The Morgan fingerprint density at radius 2 is 2.05 bits per heavy atom. The highest BCUT2D eigenvalue weighted by Gasteiger charge is 2.04. The predicted octanol–water partition coefficient (Wildman–Crippen LogP) is 2.95. The summed E-state index contributed by atoms with van der Waals surface area (Å²) in [6.45, 7) is 0.706. The highest BCUT2D eigenvalue weighted by molar-refractivity contribution is 7.13. The van der Waals surface area contributed by atoms with Crippen molar-refractivity contribution < 1.29 is 14.3 Å². The monoisotopic (exact) mass is 294 g/mol. The number of carboxylic acids is 1. The lowest BCUT2D eigenvalue weighted by atomic mass is 10.1. The summed E-state index contributed by atoms with van der Waals surface area (Å²) < 4.78 is 12.7. The van der Waals surface area contributed by atoms with Gasteiger partial charge >= 0.3 is 5.97 Å². The van der Waals surface area contributed by atoms with E-state index in [4.69, 9.17) is 5.11 Å². The topological polar surface area (TPSA) is 62.2 Å². The Hall–Kier alpha value is -1.95. The minimum atomic E-state index is -0.816. The Morgan fingerprint density at radius 3 is 2.75 bits per heavy atom. The van der Waals surface area contributed by atoms with Gasteiger partial charge in [0.1, 0.15) is 5.82 Å². The van der Waals surface area contributed by atoms with E-state index in [1.165, 1.54) is 23.5 Å². The minimum Gasteiger partial charge on any atom is -0.481 e. The van der Waals surface area contributed by atoms with Crippen LogP contribution in [0.4, 0.5) is 9.52 Å². The van der Waals surface area contributed by atoms with E-state index in [1.807, 2.05) is 5.38 Å². The molecule has 0 saturated heterocycles. The molecule has 0 atom stereocenters. The summed E-state index contributed by atoms with van der Waals surface area (Å²) in [6, 6.07) is 6.42.